The van der Waals surface area contributed by atoms with E-state index in [1.807, 2.05) is 19.2 Å². The number of urea groups is 1. The van der Waals surface area contributed by atoms with Crippen LogP contribution in [-0.4, -0.2) is 21.0 Å². The van der Waals surface area contributed by atoms with Crippen molar-refractivity contribution in [3.05, 3.63) is 44.8 Å². The topological polar surface area (TPSA) is 87.3 Å². The van der Waals surface area contributed by atoms with Crippen molar-refractivity contribution >= 4 is 33.1 Å². The first kappa shape index (κ1) is 20.0. The number of aryl methyl sites for hydroxylation is 2. The van der Waals surface area contributed by atoms with Crippen LogP contribution in [0.2, 0.25) is 0 Å². The molecule has 5 rings (SSSR count). The highest BCUT2D eigenvalue weighted by Crippen LogP contribution is 2.39. The second-order valence-corrected chi connectivity index (χ2v) is 11.8. The Morgan fingerprint density at radius 1 is 1.03 bits per heavy atom. The summed E-state index contributed by atoms with van der Waals surface area (Å²) in [5.74, 6) is 0. The lowest BCUT2D eigenvalue weighted by Crippen LogP contribution is -2.42. The molecule has 1 aromatic heterocycles. The van der Waals surface area contributed by atoms with Gasteiger partial charge < -0.3 is 10.6 Å². The van der Waals surface area contributed by atoms with Gasteiger partial charge in [-0.3, -0.25) is 0 Å². The van der Waals surface area contributed by atoms with Crippen molar-refractivity contribution in [3.8, 4) is 0 Å². The van der Waals surface area contributed by atoms with Gasteiger partial charge in [0.1, 0.15) is 4.21 Å². The number of thiophene rings is 1. The number of anilines is 1. The maximum Gasteiger partial charge on any atom is 0.333 e. The summed E-state index contributed by atoms with van der Waals surface area (Å²) in [7, 11) is -3.93. The Bertz CT molecular complexity index is 1120. The number of hydrogen-bond donors (Lipinski definition) is 3. The summed E-state index contributed by atoms with van der Waals surface area (Å²) in [6.45, 7) is 4.81. The van der Waals surface area contributed by atoms with Crippen LogP contribution in [-0.2, 0) is 47.7 Å². The van der Waals surface area contributed by atoms with Crippen molar-refractivity contribution in [2.24, 2.45) is 0 Å². The number of amides is 2. The first-order chi connectivity index (χ1) is 14.3. The Balaban J connectivity index is 1.42. The quantitative estimate of drug-likeness (QED) is 0.673. The van der Waals surface area contributed by atoms with Gasteiger partial charge in [-0.2, -0.15) is 0 Å². The van der Waals surface area contributed by atoms with Gasteiger partial charge in [-0.15, -0.1) is 11.3 Å². The fraction of sp³-hybridized carbons (Fsp3) is 0.500. The molecule has 2 aromatic rings. The number of carbonyl (C=O) groups is 1. The van der Waals surface area contributed by atoms with E-state index in [1.54, 1.807) is 0 Å². The van der Waals surface area contributed by atoms with Crippen LogP contribution in [0.3, 0.4) is 0 Å². The molecule has 0 saturated heterocycles. The van der Waals surface area contributed by atoms with Gasteiger partial charge in [0.05, 0.1) is 0 Å². The lowest BCUT2D eigenvalue weighted by molar-refractivity contribution is 0.256. The van der Waals surface area contributed by atoms with Gasteiger partial charge in [0.25, 0.3) is 10.0 Å². The van der Waals surface area contributed by atoms with E-state index in [4.69, 9.17) is 0 Å². The Labute approximate surface area is 181 Å². The molecule has 0 spiro atoms. The first-order valence-electron chi connectivity index (χ1n) is 10.6. The van der Waals surface area contributed by atoms with E-state index >= 15 is 0 Å². The number of hydrogen-bond acceptors (Lipinski definition) is 5. The van der Waals surface area contributed by atoms with Gasteiger partial charge in [0.15, 0.2) is 0 Å². The smallest absolute Gasteiger partial charge is 0.307 e. The van der Waals surface area contributed by atoms with E-state index in [0.29, 0.717) is 13.0 Å². The largest absolute Gasteiger partial charge is 0.333 e. The zero-order valence-corrected chi connectivity index (χ0v) is 19.0. The Kier molecular flexibility index (Phi) is 4.72. The molecule has 8 heteroatoms. The molecule has 1 aromatic carbocycles. The summed E-state index contributed by atoms with van der Waals surface area (Å²) in [6.07, 6.45) is 6.73. The van der Waals surface area contributed by atoms with E-state index in [1.165, 1.54) is 33.6 Å². The zero-order valence-electron chi connectivity index (χ0n) is 17.4. The van der Waals surface area contributed by atoms with Crippen LogP contribution in [0.4, 0.5) is 10.5 Å². The van der Waals surface area contributed by atoms with Crippen molar-refractivity contribution in [2.75, 3.05) is 11.9 Å². The van der Waals surface area contributed by atoms with E-state index in [2.05, 4.69) is 21.4 Å². The molecule has 1 aliphatic heterocycles. The molecule has 160 valence electrons. The average molecular weight is 446 g/mol. The molecule has 3 N–H and O–H groups in total. The molecule has 2 amide bonds. The van der Waals surface area contributed by atoms with E-state index in [9.17, 15) is 13.2 Å². The molecular weight excluding hydrogens is 418 g/mol. The second-order valence-electron chi connectivity index (χ2n) is 9.01. The van der Waals surface area contributed by atoms with Crippen molar-refractivity contribution in [2.45, 2.75) is 68.5 Å². The highest BCUT2D eigenvalue weighted by molar-refractivity contribution is 7.92. The van der Waals surface area contributed by atoms with Gasteiger partial charge >= 0.3 is 6.03 Å². The van der Waals surface area contributed by atoms with Gasteiger partial charge in [0, 0.05) is 17.8 Å². The molecule has 0 saturated carbocycles. The minimum absolute atomic E-state index is 0.255. The summed E-state index contributed by atoms with van der Waals surface area (Å²) in [6, 6.07) is 1.62. The van der Waals surface area contributed by atoms with Gasteiger partial charge in [-0.1, -0.05) is 6.07 Å². The monoisotopic (exact) mass is 445 g/mol. The molecule has 0 fully saturated rings. The number of fused-ring (bicyclic) bond motifs is 3. The van der Waals surface area contributed by atoms with Gasteiger partial charge in [0.2, 0.25) is 0 Å². The molecule has 0 radical (unpaired) electrons. The van der Waals surface area contributed by atoms with Crippen LogP contribution >= 0.6 is 11.3 Å². The fourth-order valence-corrected chi connectivity index (χ4v) is 7.94. The van der Waals surface area contributed by atoms with Crippen LogP contribution in [0, 0.1) is 0 Å². The third kappa shape index (κ3) is 3.25. The van der Waals surface area contributed by atoms with Crippen molar-refractivity contribution in [1.82, 2.24) is 10.0 Å². The fourth-order valence-electron chi connectivity index (χ4n) is 5.22. The number of nitrogens with one attached hydrogen (secondary N) is 3. The van der Waals surface area contributed by atoms with Gasteiger partial charge in [-0.25, -0.2) is 17.9 Å². The third-order valence-electron chi connectivity index (χ3n) is 6.65. The average Bonchev–Trinajstić information content (AvgIpc) is 3.39. The molecular formula is C22H27N3O3S2. The number of sulfonamides is 1. The summed E-state index contributed by atoms with van der Waals surface area (Å²) in [5, 5.41) is 8.23. The Morgan fingerprint density at radius 3 is 2.37 bits per heavy atom. The van der Waals surface area contributed by atoms with Crippen LogP contribution < -0.4 is 15.4 Å². The zero-order chi connectivity index (χ0) is 21.1. The lowest BCUT2D eigenvalue weighted by Gasteiger charge is -2.32. The third-order valence-corrected chi connectivity index (χ3v) is 9.60. The first-order valence-corrected chi connectivity index (χ1v) is 13.0. The molecule has 0 unspecified atom stereocenters. The van der Waals surface area contributed by atoms with E-state index in [-0.39, 0.29) is 9.75 Å². The van der Waals surface area contributed by atoms with Crippen LogP contribution in [0.15, 0.2) is 15.7 Å². The van der Waals surface area contributed by atoms with E-state index in [0.717, 1.165) is 55.3 Å². The van der Waals surface area contributed by atoms with Crippen molar-refractivity contribution in [1.29, 1.82) is 0 Å². The second kappa shape index (κ2) is 7.07. The lowest BCUT2D eigenvalue weighted by atomic mass is 9.89. The predicted molar refractivity (Wildman–Crippen MR) is 119 cm³/mol. The van der Waals surface area contributed by atoms with Crippen LogP contribution in [0.5, 0.6) is 0 Å². The Morgan fingerprint density at radius 2 is 1.70 bits per heavy atom. The Hall–Kier alpha value is -1.90. The summed E-state index contributed by atoms with van der Waals surface area (Å²) >= 11 is 1.19. The van der Waals surface area contributed by atoms with Crippen LogP contribution in [0.25, 0.3) is 0 Å². The highest BCUT2D eigenvalue weighted by atomic mass is 32.2. The molecule has 2 heterocycles. The molecule has 2 aliphatic carbocycles. The number of carbonyl (C=O) groups excluding carboxylic acids is 1. The summed E-state index contributed by atoms with van der Waals surface area (Å²) in [4.78, 5) is 12.8. The predicted octanol–water partition coefficient (Wildman–Crippen LogP) is 3.62. The minimum atomic E-state index is -3.93. The summed E-state index contributed by atoms with van der Waals surface area (Å²) < 4.78 is 28.7. The molecule has 3 aliphatic rings. The maximum absolute atomic E-state index is 13.1. The minimum Gasteiger partial charge on any atom is -0.307 e. The molecule has 0 atom stereocenters. The molecule has 0 bridgehead atoms. The highest BCUT2D eigenvalue weighted by Gasteiger charge is 2.34. The molecule has 6 nitrogen and oxygen atoms in total. The van der Waals surface area contributed by atoms with Crippen LogP contribution in [0.1, 0.15) is 60.1 Å². The molecule has 30 heavy (non-hydrogen) atoms. The van der Waals surface area contributed by atoms with Crippen molar-refractivity contribution < 1.29 is 13.2 Å². The normalized spacial score (nSPS) is 19.1. The number of rotatable bonds is 3. The number of benzene rings is 1. The SMILES string of the molecule is CC1(C)NCCc2c1csc2S(=O)(=O)NC(=O)Nc1c2c(cc3c1CCC3)CCC2. The van der Waals surface area contributed by atoms with E-state index < -0.39 is 16.1 Å². The summed E-state index contributed by atoms with van der Waals surface area (Å²) in [5.41, 5.74) is 7.37. The van der Waals surface area contributed by atoms with Crippen molar-refractivity contribution in [3.63, 3.8) is 0 Å². The maximum atomic E-state index is 13.1. The standard InChI is InChI=1S/C22H27N3O3S2/c1-22(2)18-12-29-20(17(18)9-10-23-22)30(27,28)25-21(26)24-19-15-7-3-5-13(15)11-14-6-4-8-16(14)19/h11-12,23H,3-10H2,1-2H3,(H2,24,25,26). The van der Waals surface area contributed by atoms with Gasteiger partial charge in [-0.05, 0) is 97.6 Å².